The summed E-state index contributed by atoms with van der Waals surface area (Å²) in [6, 6.07) is 10.7. The summed E-state index contributed by atoms with van der Waals surface area (Å²) in [5.41, 5.74) is 2.37. The van der Waals surface area contributed by atoms with Crippen LogP contribution in [-0.4, -0.2) is 11.1 Å². The Hall–Kier alpha value is -2.40. The zero-order valence-electron chi connectivity index (χ0n) is 11.9. The average molecular weight is 288 g/mol. The minimum atomic E-state index is -0.610. The molecule has 2 amide bonds. The summed E-state index contributed by atoms with van der Waals surface area (Å²) in [6.45, 7) is 3.40. The van der Waals surface area contributed by atoms with E-state index in [4.69, 9.17) is 0 Å². The van der Waals surface area contributed by atoms with Crippen LogP contribution >= 0.6 is 0 Å². The number of aryl methyl sites for hydroxylation is 1. The minimum absolute atomic E-state index is 0.386. The van der Waals surface area contributed by atoms with Gasteiger partial charge in [-0.2, -0.15) is 0 Å². The molecule has 0 fully saturated rings. The monoisotopic (exact) mass is 288 g/mol. The third kappa shape index (κ3) is 4.29. The smallest absolute Gasteiger partial charge is 0.323 e. The quantitative estimate of drug-likeness (QED) is 0.803. The van der Waals surface area contributed by atoms with Crippen molar-refractivity contribution in [3.63, 3.8) is 0 Å². The van der Waals surface area contributed by atoms with Gasteiger partial charge in [-0.25, -0.2) is 9.18 Å². The Morgan fingerprint density at radius 1 is 1.14 bits per heavy atom. The molecule has 1 atom stereocenters. The van der Waals surface area contributed by atoms with Crippen LogP contribution in [0, 0.1) is 12.7 Å². The van der Waals surface area contributed by atoms with Crippen molar-refractivity contribution in [1.29, 1.82) is 0 Å². The molecule has 0 aliphatic heterocycles. The summed E-state index contributed by atoms with van der Waals surface area (Å²) in [5, 5.41) is 14.7. The van der Waals surface area contributed by atoms with E-state index in [-0.39, 0.29) is 0 Å². The van der Waals surface area contributed by atoms with Crippen LogP contribution in [0.25, 0.3) is 0 Å². The van der Waals surface area contributed by atoms with Crippen molar-refractivity contribution in [2.24, 2.45) is 0 Å². The number of anilines is 2. The van der Waals surface area contributed by atoms with Gasteiger partial charge in [0.15, 0.2) is 0 Å². The number of carbonyl (C=O) groups excluding carboxylic acids is 1. The third-order valence-electron chi connectivity index (χ3n) is 2.93. The maximum absolute atomic E-state index is 13.2. The van der Waals surface area contributed by atoms with E-state index in [1.54, 1.807) is 44.2 Å². The first-order chi connectivity index (χ1) is 9.94. The molecule has 2 aromatic carbocycles. The first-order valence-electron chi connectivity index (χ1n) is 6.57. The Morgan fingerprint density at radius 3 is 2.52 bits per heavy atom. The van der Waals surface area contributed by atoms with Crippen LogP contribution in [0.2, 0.25) is 0 Å². The number of benzene rings is 2. The van der Waals surface area contributed by atoms with Gasteiger partial charge in [0.05, 0.1) is 6.10 Å². The highest BCUT2D eigenvalue weighted by atomic mass is 19.1. The first-order valence-corrected chi connectivity index (χ1v) is 6.57. The molecule has 0 saturated heterocycles. The lowest BCUT2D eigenvalue weighted by Crippen LogP contribution is -2.19. The lowest BCUT2D eigenvalue weighted by Gasteiger charge is -2.10. The Bertz CT molecular complexity index is 636. The van der Waals surface area contributed by atoms with Gasteiger partial charge < -0.3 is 15.7 Å². The zero-order chi connectivity index (χ0) is 15.4. The maximum Gasteiger partial charge on any atom is 0.323 e. The number of hydrogen-bond donors (Lipinski definition) is 3. The number of carbonyl (C=O) groups is 1. The molecule has 0 aromatic heterocycles. The van der Waals surface area contributed by atoms with Crippen molar-refractivity contribution >= 4 is 17.4 Å². The highest BCUT2D eigenvalue weighted by molar-refractivity contribution is 5.99. The first kappa shape index (κ1) is 15.0. The van der Waals surface area contributed by atoms with Crippen LogP contribution in [0.3, 0.4) is 0 Å². The molecule has 110 valence electrons. The van der Waals surface area contributed by atoms with Crippen molar-refractivity contribution in [2.75, 3.05) is 10.6 Å². The van der Waals surface area contributed by atoms with Crippen LogP contribution in [0.15, 0.2) is 42.5 Å². The van der Waals surface area contributed by atoms with E-state index in [1.807, 2.05) is 0 Å². The Balaban J connectivity index is 2.06. The van der Waals surface area contributed by atoms with Crippen LogP contribution in [0.5, 0.6) is 0 Å². The molecule has 0 bridgehead atoms. The summed E-state index contributed by atoms with van der Waals surface area (Å²) in [6.07, 6.45) is -0.610. The van der Waals surface area contributed by atoms with E-state index in [0.29, 0.717) is 16.9 Å². The highest BCUT2D eigenvalue weighted by Crippen LogP contribution is 2.18. The topological polar surface area (TPSA) is 61.4 Å². The van der Waals surface area contributed by atoms with Crippen LogP contribution in [0.4, 0.5) is 20.6 Å². The second-order valence-electron chi connectivity index (χ2n) is 4.90. The number of aliphatic hydroxyl groups is 1. The van der Waals surface area contributed by atoms with Gasteiger partial charge in [0.1, 0.15) is 5.82 Å². The molecular weight excluding hydrogens is 271 g/mol. The fourth-order valence-electron chi connectivity index (χ4n) is 1.98. The van der Waals surface area contributed by atoms with Gasteiger partial charge in [0, 0.05) is 11.4 Å². The standard InChI is InChI=1S/C16H17FN2O2/c1-10-6-13(17)9-15(7-10)19-16(21)18-14-5-3-4-12(8-14)11(2)20/h3-9,11,20H,1-2H3,(H2,18,19,21). The molecule has 4 nitrogen and oxygen atoms in total. The number of amides is 2. The minimum Gasteiger partial charge on any atom is -0.389 e. The van der Waals surface area contributed by atoms with Crippen molar-refractivity contribution in [3.8, 4) is 0 Å². The second kappa shape index (κ2) is 6.37. The third-order valence-corrected chi connectivity index (χ3v) is 2.93. The summed E-state index contributed by atoms with van der Waals surface area (Å²) in [5.74, 6) is -0.401. The molecule has 21 heavy (non-hydrogen) atoms. The zero-order valence-corrected chi connectivity index (χ0v) is 11.9. The predicted molar refractivity (Wildman–Crippen MR) is 80.9 cm³/mol. The van der Waals surface area contributed by atoms with Gasteiger partial charge in [0.2, 0.25) is 0 Å². The number of nitrogens with one attached hydrogen (secondary N) is 2. The molecule has 5 heteroatoms. The van der Waals surface area contributed by atoms with E-state index in [1.165, 1.54) is 12.1 Å². The Kier molecular flexibility index (Phi) is 4.55. The van der Waals surface area contributed by atoms with Gasteiger partial charge in [0.25, 0.3) is 0 Å². The number of urea groups is 1. The molecule has 0 saturated carbocycles. The molecule has 0 aliphatic carbocycles. The molecule has 2 aromatic rings. The Labute approximate surface area is 122 Å². The highest BCUT2D eigenvalue weighted by Gasteiger charge is 2.06. The Morgan fingerprint density at radius 2 is 1.86 bits per heavy atom. The molecular formula is C16H17FN2O2. The van der Waals surface area contributed by atoms with Gasteiger partial charge in [-0.15, -0.1) is 0 Å². The largest absolute Gasteiger partial charge is 0.389 e. The number of rotatable bonds is 3. The fourth-order valence-corrected chi connectivity index (χ4v) is 1.98. The maximum atomic E-state index is 13.2. The van der Waals surface area contributed by atoms with Gasteiger partial charge in [-0.3, -0.25) is 0 Å². The number of halogens is 1. The van der Waals surface area contributed by atoms with Gasteiger partial charge >= 0.3 is 6.03 Å². The number of aliphatic hydroxyl groups excluding tert-OH is 1. The summed E-state index contributed by atoms with van der Waals surface area (Å²) >= 11 is 0. The van der Waals surface area contributed by atoms with Gasteiger partial charge in [-0.1, -0.05) is 12.1 Å². The lowest BCUT2D eigenvalue weighted by atomic mass is 10.1. The average Bonchev–Trinajstić information content (AvgIpc) is 2.37. The normalized spacial score (nSPS) is 11.8. The lowest BCUT2D eigenvalue weighted by molar-refractivity contribution is 0.199. The second-order valence-corrected chi connectivity index (χ2v) is 4.90. The summed E-state index contributed by atoms with van der Waals surface area (Å²) in [4.78, 5) is 11.9. The van der Waals surface area contributed by atoms with Crippen LogP contribution in [-0.2, 0) is 0 Å². The van der Waals surface area contributed by atoms with Gasteiger partial charge in [-0.05, 0) is 55.3 Å². The van der Waals surface area contributed by atoms with Crippen molar-refractivity contribution in [3.05, 3.63) is 59.4 Å². The van der Waals surface area contributed by atoms with Crippen molar-refractivity contribution in [1.82, 2.24) is 0 Å². The molecule has 0 spiro atoms. The van der Waals surface area contributed by atoms with E-state index in [2.05, 4.69) is 10.6 Å². The molecule has 2 rings (SSSR count). The van der Waals surface area contributed by atoms with Crippen molar-refractivity contribution in [2.45, 2.75) is 20.0 Å². The molecule has 0 radical (unpaired) electrons. The molecule has 0 heterocycles. The number of hydrogen-bond acceptors (Lipinski definition) is 2. The van der Waals surface area contributed by atoms with Crippen molar-refractivity contribution < 1.29 is 14.3 Å². The van der Waals surface area contributed by atoms with E-state index in [9.17, 15) is 14.3 Å². The van der Waals surface area contributed by atoms with Crippen LogP contribution in [0.1, 0.15) is 24.2 Å². The fraction of sp³-hybridized carbons (Fsp3) is 0.188. The van der Waals surface area contributed by atoms with E-state index >= 15 is 0 Å². The van der Waals surface area contributed by atoms with E-state index < -0.39 is 18.0 Å². The van der Waals surface area contributed by atoms with Crippen LogP contribution < -0.4 is 10.6 Å². The van der Waals surface area contributed by atoms with E-state index in [0.717, 1.165) is 5.56 Å². The summed E-state index contributed by atoms with van der Waals surface area (Å²) < 4.78 is 13.2. The predicted octanol–water partition coefficient (Wildman–Crippen LogP) is 3.83. The molecule has 1 unspecified atom stereocenters. The SMILES string of the molecule is Cc1cc(F)cc(NC(=O)Nc2cccc(C(C)O)c2)c1. The molecule has 3 N–H and O–H groups in total. The summed E-state index contributed by atoms with van der Waals surface area (Å²) in [7, 11) is 0. The molecule has 0 aliphatic rings.